The molecule has 1 rings (SSSR count). The zero-order chi connectivity index (χ0) is 11.1. The van der Waals surface area contributed by atoms with E-state index in [4.69, 9.17) is 4.74 Å². The second-order valence-corrected chi connectivity index (χ2v) is 4.80. The van der Waals surface area contributed by atoms with Crippen LogP contribution in [0, 0.1) is 5.92 Å². The van der Waals surface area contributed by atoms with Crippen molar-refractivity contribution in [3.63, 3.8) is 0 Å². The summed E-state index contributed by atoms with van der Waals surface area (Å²) in [6.07, 6.45) is 8.28. The number of hydrogen-bond acceptors (Lipinski definition) is 2. The van der Waals surface area contributed by atoms with Crippen LogP contribution in [0.1, 0.15) is 52.4 Å². The van der Waals surface area contributed by atoms with Crippen LogP contribution in [0.15, 0.2) is 0 Å². The van der Waals surface area contributed by atoms with Crippen molar-refractivity contribution in [3.05, 3.63) is 0 Å². The Morgan fingerprint density at radius 3 is 2.60 bits per heavy atom. The van der Waals surface area contributed by atoms with E-state index in [0.29, 0.717) is 12.1 Å². The molecule has 0 aromatic rings. The Morgan fingerprint density at radius 2 is 2.00 bits per heavy atom. The lowest BCUT2D eigenvalue weighted by Crippen LogP contribution is -2.45. The van der Waals surface area contributed by atoms with E-state index in [2.05, 4.69) is 19.2 Å². The monoisotopic (exact) mass is 213 g/mol. The van der Waals surface area contributed by atoms with Crippen molar-refractivity contribution < 1.29 is 4.74 Å². The predicted octanol–water partition coefficient (Wildman–Crippen LogP) is 2.97. The zero-order valence-corrected chi connectivity index (χ0v) is 10.6. The summed E-state index contributed by atoms with van der Waals surface area (Å²) in [4.78, 5) is 0. The van der Waals surface area contributed by atoms with E-state index in [1.807, 2.05) is 7.11 Å². The van der Waals surface area contributed by atoms with Gasteiger partial charge in [0.25, 0.3) is 0 Å². The number of nitrogens with one attached hydrogen (secondary N) is 1. The molecule has 1 fully saturated rings. The second kappa shape index (κ2) is 7.24. The highest BCUT2D eigenvalue weighted by atomic mass is 16.5. The maximum Gasteiger partial charge on any atom is 0.0726 e. The highest BCUT2D eigenvalue weighted by molar-refractivity contribution is 4.85. The lowest BCUT2D eigenvalue weighted by molar-refractivity contribution is 0.0213. The molecular weight excluding hydrogens is 186 g/mol. The Morgan fingerprint density at radius 1 is 1.20 bits per heavy atom. The van der Waals surface area contributed by atoms with Crippen LogP contribution in [0.2, 0.25) is 0 Å². The molecule has 0 heterocycles. The molecule has 90 valence electrons. The average molecular weight is 213 g/mol. The lowest BCUT2D eigenvalue weighted by Gasteiger charge is -2.35. The summed E-state index contributed by atoms with van der Waals surface area (Å²) in [6, 6.07) is 0.600. The molecule has 0 aliphatic heterocycles. The molecule has 3 unspecified atom stereocenters. The number of ether oxygens (including phenoxy) is 1. The first-order valence-electron chi connectivity index (χ1n) is 6.57. The van der Waals surface area contributed by atoms with E-state index in [1.54, 1.807) is 0 Å². The van der Waals surface area contributed by atoms with Gasteiger partial charge in [-0.2, -0.15) is 0 Å². The minimum absolute atomic E-state index is 0.446. The van der Waals surface area contributed by atoms with Gasteiger partial charge in [0.05, 0.1) is 6.10 Å². The molecule has 0 radical (unpaired) electrons. The van der Waals surface area contributed by atoms with Gasteiger partial charge in [0.1, 0.15) is 0 Å². The van der Waals surface area contributed by atoms with Gasteiger partial charge in [0, 0.05) is 13.2 Å². The third-order valence-corrected chi connectivity index (χ3v) is 3.56. The van der Waals surface area contributed by atoms with Gasteiger partial charge in [-0.3, -0.25) is 0 Å². The smallest absolute Gasteiger partial charge is 0.0726 e. The highest BCUT2D eigenvalue weighted by Gasteiger charge is 2.29. The molecule has 2 heteroatoms. The van der Waals surface area contributed by atoms with Crippen LogP contribution in [-0.2, 0) is 4.74 Å². The van der Waals surface area contributed by atoms with Crippen molar-refractivity contribution in [3.8, 4) is 0 Å². The molecule has 2 nitrogen and oxygen atoms in total. The molecule has 0 spiro atoms. The Kier molecular flexibility index (Phi) is 6.26. The first kappa shape index (κ1) is 13.0. The summed E-state index contributed by atoms with van der Waals surface area (Å²) in [7, 11) is 1.86. The summed E-state index contributed by atoms with van der Waals surface area (Å²) in [5.74, 6) is 0.902. The molecule has 0 amide bonds. The maximum atomic E-state index is 5.61. The Hall–Kier alpha value is -0.0800. The van der Waals surface area contributed by atoms with Gasteiger partial charge in [-0.15, -0.1) is 0 Å². The molecule has 0 bridgehead atoms. The van der Waals surface area contributed by atoms with E-state index >= 15 is 0 Å². The van der Waals surface area contributed by atoms with Crippen LogP contribution < -0.4 is 5.32 Å². The SMILES string of the molecule is CCCNC1CCC(CCC)CC1OC. The van der Waals surface area contributed by atoms with Crippen LogP contribution in [0.4, 0.5) is 0 Å². The van der Waals surface area contributed by atoms with Crippen molar-refractivity contribution in [1.82, 2.24) is 5.32 Å². The summed E-state index contributed by atoms with van der Waals surface area (Å²) >= 11 is 0. The van der Waals surface area contributed by atoms with E-state index in [-0.39, 0.29) is 0 Å². The summed E-state index contributed by atoms with van der Waals surface area (Å²) in [5, 5.41) is 3.61. The average Bonchev–Trinajstić information content (AvgIpc) is 2.27. The Balaban J connectivity index is 2.34. The largest absolute Gasteiger partial charge is 0.380 e. The Labute approximate surface area is 94.8 Å². The fraction of sp³-hybridized carbons (Fsp3) is 1.00. The summed E-state index contributed by atoms with van der Waals surface area (Å²) in [5.41, 5.74) is 0. The first-order valence-corrected chi connectivity index (χ1v) is 6.57. The maximum absolute atomic E-state index is 5.61. The molecule has 1 N–H and O–H groups in total. The first-order chi connectivity index (χ1) is 7.31. The van der Waals surface area contributed by atoms with Crippen molar-refractivity contribution in [1.29, 1.82) is 0 Å². The number of hydrogen-bond donors (Lipinski definition) is 1. The molecular formula is C13H27NO. The zero-order valence-electron chi connectivity index (χ0n) is 10.6. The van der Waals surface area contributed by atoms with E-state index < -0.39 is 0 Å². The summed E-state index contributed by atoms with van der Waals surface area (Å²) < 4.78 is 5.61. The minimum atomic E-state index is 0.446. The molecule has 1 aliphatic carbocycles. The standard InChI is InChI=1S/C13H27NO/c1-4-6-11-7-8-12(14-9-5-2)13(10-11)15-3/h11-14H,4-10H2,1-3H3. The van der Waals surface area contributed by atoms with Gasteiger partial charge in [-0.1, -0.05) is 26.7 Å². The van der Waals surface area contributed by atoms with Crippen molar-refractivity contribution >= 4 is 0 Å². The predicted molar refractivity (Wildman–Crippen MR) is 65.1 cm³/mol. The topological polar surface area (TPSA) is 21.3 Å². The lowest BCUT2D eigenvalue weighted by atomic mass is 9.81. The quantitative estimate of drug-likeness (QED) is 0.732. The molecule has 0 aromatic carbocycles. The molecule has 0 saturated heterocycles. The molecule has 3 atom stereocenters. The van der Waals surface area contributed by atoms with Crippen LogP contribution in [0.25, 0.3) is 0 Å². The third kappa shape index (κ3) is 4.12. The third-order valence-electron chi connectivity index (χ3n) is 3.56. The van der Waals surface area contributed by atoms with Gasteiger partial charge in [-0.05, 0) is 38.1 Å². The van der Waals surface area contributed by atoms with Crippen LogP contribution in [0.3, 0.4) is 0 Å². The van der Waals surface area contributed by atoms with Crippen molar-refractivity contribution in [2.45, 2.75) is 64.5 Å². The normalized spacial score (nSPS) is 31.8. The van der Waals surface area contributed by atoms with Gasteiger partial charge in [0.15, 0.2) is 0 Å². The Bertz CT molecular complexity index is 161. The van der Waals surface area contributed by atoms with Crippen molar-refractivity contribution in [2.24, 2.45) is 5.92 Å². The number of rotatable bonds is 6. The van der Waals surface area contributed by atoms with Gasteiger partial charge in [0.2, 0.25) is 0 Å². The van der Waals surface area contributed by atoms with Crippen molar-refractivity contribution in [2.75, 3.05) is 13.7 Å². The van der Waals surface area contributed by atoms with Gasteiger partial charge in [-0.25, -0.2) is 0 Å². The molecule has 0 aromatic heterocycles. The van der Waals surface area contributed by atoms with E-state index in [0.717, 1.165) is 12.5 Å². The fourth-order valence-electron chi connectivity index (χ4n) is 2.71. The molecule has 1 aliphatic rings. The van der Waals surface area contributed by atoms with E-state index in [9.17, 15) is 0 Å². The van der Waals surface area contributed by atoms with Crippen LogP contribution >= 0.6 is 0 Å². The van der Waals surface area contributed by atoms with Crippen LogP contribution in [0.5, 0.6) is 0 Å². The van der Waals surface area contributed by atoms with Gasteiger partial charge < -0.3 is 10.1 Å². The van der Waals surface area contributed by atoms with Gasteiger partial charge >= 0.3 is 0 Å². The highest BCUT2D eigenvalue weighted by Crippen LogP contribution is 2.29. The fourth-order valence-corrected chi connectivity index (χ4v) is 2.71. The van der Waals surface area contributed by atoms with Crippen LogP contribution in [-0.4, -0.2) is 25.8 Å². The van der Waals surface area contributed by atoms with E-state index in [1.165, 1.54) is 38.5 Å². The molecule has 15 heavy (non-hydrogen) atoms. The number of methoxy groups -OCH3 is 1. The second-order valence-electron chi connectivity index (χ2n) is 4.80. The summed E-state index contributed by atoms with van der Waals surface area (Å²) in [6.45, 7) is 5.63. The molecule has 1 saturated carbocycles. The minimum Gasteiger partial charge on any atom is -0.380 e.